The van der Waals surface area contributed by atoms with Crippen molar-refractivity contribution in [1.29, 1.82) is 0 Å². The molecule has 2 rings (SSSR count). The Balaban J connectivity index is 2.29. The molecule has 0 bridgehead atoms. The molecular formula is C15H15ClF2N2O. The van der Waals surface area contributed by atoms with Crippen molar-refractivity contribution in [1.82, 2.24) is 5.43 Å². The lowest BCUT2D eigenvalue weighted by Crippen LogP contribution is -2.30. The van der Waals surface area contributed by atoms with Crippen LogP contribution in [0.4, 0.5) is 8.78 Å². The summed E-state index contributed by atoms with van der Waals surface area (Å²) >= 11 is 5.65. The summed E-state index contributed by atoms with van der Waals surface area (Å²) in [4.78, 5) is 0. The Labute approximate surface area is 126 Å². The van der Waals surface area contributed by atoms with Gasteiger partial charge in [0.05, 0.1) is 18.2 Å². The molecule has 0 aromatic heterocycles. The summed E-state index contributed by atoms with van der Waals surface area (Å²) in [6.07, 6.45) is 0.251. The average Bonchev–Trinajstić information content (AvgIpc) is 2.49. The third kappa shape index (κ3) is 3.50. The van der Waals surface area contributed by atoms with Crippen LogP contribution in [0, 0.1) is 11.6 Å². The van der Waals surface area contributed by atoms with Crippen LogP contribution in [-0.4, -0.2) is 7.11 Å². The van der Waals surface area contributed by atoms with Gasteiger partial charge in [-0.15, -0.1) is 0 Å². The van der Waals surface area contributed by atoms with E-state index in [2.05, 4.69) is 5.43 Å². The van der Waals surface area contributed by atoms with Gasteiger partial charge in [-0.05, 0) is 35.7 Å². The van der Waals surface area contributed by atoms with Gasteiger partial charge in [0.25, 0.3) is 0 Å². The van der Waals surface area contributed by atoms with E-state index in [4.69, 9.17) is 22.2 Å². The van der Waals surface area contributed by atoms with Gasteiger partial charge in [-0.25, -0.2) is 8.78 Å². The van der Waals surface area contributed by atoms with Gasteiger partial charge in [0.15, 0.2) is 11.6 Å². The lowest BCUT2D eigenvalue weighted by atomic mass is 9.98. The predicted molar refractivity (Wildman–Crippen MR) is 78.1 cm³/mol. The highest BCUT2D eigenvalue weighted by atomic mass is 35.5. The van der Waals surface area contributed by atoms with Crippen LogP contribution in [-0.2, 0) is 6.42 Å². The number of ether oxygens (including phenoxy) is 1. The molecule has 1 unspecified atom stereocenters. The van der Waals surface area contributed by atoms with E-state index in [0.29, 0.717) is 11.1 Å². The maximum Gasteiger partial charge on any atom is 0.168 e. The van der Waals surface area contributed by atoms with E-state index in [0.717, 1.165) is 0 Å². The van der Waals surface area contributed by atoms with E-state index < -0.39 is 17.7 Å². The van der Waals surface area contributed by atoms with Gasteiger partial charge in [-0.2, -0.15) is 0 Å². The van der Waals surface area contributed by atoms with Crippen LogP contribution in [0.25, 0.3) is 0 Å². The summed E-state index contributed by atoms with van der Waals surface area (Å²) in [5.41, 5.74) is 3.57. The van der Waals surface area contributed by atoms with Gasteiger partial charge in [0, 0.05) is 0 Å². The fourth-order valence-corrected chi connectivity index (χ4v) is 2.21. The molecule has 6 heteroatoms. The van der Waals surface area contributed by atoms with Crippen LogP contribution in [0.5, 0.6) is 5.75 Å². The van der Waals surface area contributed by atoms with Crippen LogP contribution in [0.3, 0.4) is 0 Å². The summed E-state index contributed by atoms with van der Waals surface area (Å²) in [6.45, 7) is 0. The van der Waals surface area contributed by atoms with Crippen LogP contribution in [0.1, 0.15) is 17.2 Å². The first-order chi connectivity index (χ1) is 10.1. The Morgan fingerprint density at radius 2 is 2.05 bits per heavy atom. The molecule has 0 aliphatic heterocycles. The molecule has 2 aromatic rings. The van der Waals surface area contributed by atoms with Gasteiger partial charge in [-0.3, -0.25) is 11.3 Å². The molecule has 0 aliphatic carbocycles. The highest BCUT2D eigenvalue weighted by molar-refractivity contribution is 6.30. The topological polar surface area (TPSA) is 47.3 Å². The highest BCUT2D eigenvalue weighted by Crippen LogP contribution is 2.26. The Kier molecular flexibility index (Phi) is 5.12. The third-order valence-electron chi connectivity index (χ3n) is 3.23. The van der Waals surface area contributed by atoms with Crippen molar-refractivity contribution in [2.75, 3.05) is 7.11 Å². The zero-order valence-corrected chi connectivity index (χ0v) is 12.1. The first-order valence-electron chi connectivity index (χ1n) is 6.29. The minimum absolute atomic E-state index is 0.0297. The lowest BCUT2D eigenvalue weighted by Gasteiger charge is -2.18. The van der Waals surface area contributed by atoms with Gasteiger partial charge in [0.1, 0.15) is 5.82 Å². The monoisotopic (exact) mass is 312 g/mol. The van der Waals surface area contributed by atoms with Crippen LogP contribution >= 0.6 is 11.6 Å². The second kappa shape index (κ2) is 6.85. The molecule has 1 atom stereocenters. The minimum atomic E-state index is -0.541. The summed E-state index contributed by atoms with van der Waals surface area (Å²) in [5.74, 6) is 4.67. The Bertz CT molecular complexity index is 637. The van der Waals surface area contributed by atoms with Crippen molar-refractivity contribution in [3.05, 3.63) is 64.2 Å². The number of nitrogens with two attached hydrogens (primary N) is 1. The van der Waals surface area contributed by atoms with E-state index in [1.54, 1.807) is 18.2 Å². The first kappa shape index (κ1) is 15.7. The molecule has 112 valence electrons. The summed E-state index contributed by atoms with van der Waals surface area (Å²) in [5, 5.41) is 0.0297. The molecule has 3 N–H and O–H groups in total. The summed E-state index contributed by atoms with van der Waals surface area (Å²) in [6, 6.07) is 8.78. The number of hydrazine groups is 1. The van der Waals surface area contributed by atoms with Crippen molar-refractivity contribution in [3.63, 3.8) is 0 Å². The molecule has 0 saturated carbocycles. The van der Waals surface area contributed by atoms with E-state index in [1.807, 2.05) is 0 Å². The lowest BCUT2D eigenvalue weighted by molar-refractivity contribution is 0.382. The number of halogens is 3. The Morgan fingerprint density at radius 3 is 2.67 bits per heavy atom. The first-order valence-corrected chi connectivity index (χ1v) is 6.67. The molecule has 2 aromatic carbocycles. The number of benzene rings is 2. The van der Waals surface area contributed by atoms with Crippen LogP contribution in [0.15, 0.2) is 36.4 Å². The van der Waals surface area contributed by atoms with Crippen molar-refractivity contribution in [2.24, 2.45) is 5.84 Å². The smallest absolute Gasteiger partial charge is 0.168 e. The van der Waals surface area contributed by atoms with E-state index in [-0.39, 0.29) is 17.2 Å². The standard InChI is InChI=1S/C15H15ClF2N2O/c1-21-14-4-2-3-10(15(14)18)8-13(20-19)9-5-6-11(16)12(17)7-9/h2-7,13,20H,8,19H2,1H3. The third-order valence-corrected chi connectivity index (χ3v) is 3.54. The fraction of sp³-hybridized carbons (Fsp3) is 0.200. The minimum Gasteiger partial charge on any atom is -0.494 e. The maximum atomic E-state index is 14.1. The zero-order chi connectivity index (χ0) is 15.4. The van der Waals surface area contributed by atoms with Gasteiger partial charge >= 0.3 is 0 Å². The molecule has 0 heterocycles. The van der Waals surface area contributed by atoms with Gasteiger partial charge in [-0.1, -0.05) is 29.8 Å². The molecular weight excluding hydrogens is 298 g/mol. The van der Waals surface area contributed by atoms with Crippen molar-refractivity contribution in [2.45, 2.75) is 12.5 Å². The predicted octanol–water partition coefficient (Wildman–Crippen LogP) is 3.37. The largest absolute Gasteiger partial charge is 0.494 e. The quantitative estimate of drug-likeness (QED) is 0.657. The summed E-state index contributed by atoms with van der Waals surface area (Å²) < 4.78 is 32.6. The second-order valence-electron chi connectivity index (χ2n) is 4.53. The molecule has 0 amide bonds. The van der Waals surface area contributed by atoms with Crippen molar-refractivity contribution >= 4 is 11.6 Å². The molecule has 3 nitrogen and oxygen atoms in total. The highest BCUT2D eigenvalue weighted by Gasteiger charge is 2.16. The normalized spacial score (nSPS) is 12.2. The average molecular weight is 313 g/mol. The molecule has 0 aliphatic rings. The molecule has 0 spiro atoms. The maximum absolute atomic E-state index is 14.1. The van der Waals surface area contributed by atoms with Gasteiger partial charge < -0.3 is 4.74 Å². The zero-order valence-electron chi connectivity index (χ0n) is 11.4. The number of methoxy groups -OCH3 is 1. The van der Waals surface area contributed by atoms with Crippen molar-refractivity contribution in [3.8, 4) is 5.75 Å². The Hall–Kier alpha value is -1.69. The van der Waals surface area contributed by atoms with E-state index in [9.17, 15) is 8.78 Å². The van der Waals surface area contributed by atoms with E-state index in [1.165, 1.54) is 25.3 Å². The molecule has 21 heavy (non-hydrogen) atoms. The number of hydrogen-bond acceptors (Lipinski definition) is 3. The van der Waals surface area contributed by atoms with Gasteiger partial charge in [0.2, 0.25) is 0 Å². The fourth-order valence-electron chi connectivity index (χ4n) is 2.09. The number of hydrogen-bond donors (Lipinski definition) is 2. The van der Waals surface area contributed by atoms with Crippen molar-refractivity contribution < 1.29 is 13.5 Å². The molecule has 0 fully saturated rings. The molecule has 0 radical (unpaired) electrons. The Morgan fingerprint density at radius 1 is 1.29 bits per heavy atom. The second-order valence-corrected chi connectivity index (χ2v) is 4.94. The number of rotatable bonds is 5. The van der Waals surface area contributed by atoms with E-state index >= 15 is 0 Å². The summed E-state index contributed by atoms with van der Waals surface area (Å²) in [7, 11) is 1.40. The number of nitrogens with one attached hydrogen (secondary N) is 1. The van der Waals surface area contributed by atoms with Crippen LogP contribution in [0.2, 0.25) is 5.02 Å². The molecule has 0 saturated heterocycles. The SMILES string of the molecule is COc1cccc(CC(NN)c2ccc(Cl)c(F)c2)c1F. The van der Waals surface area contributed by atoms with Crippen LogP contribution < -0.4 is 16.0 Å².